The highest BCUT2D eigenvalue weighted by Gasteiger charge is 1.67. The van der Waals surface area contributed by atoms with Crippen molar-refractivity contribution >= 4 is 0 Å². The van der Waals surface area contributed by atoms with Crippen LogP contribution in [0, 0.1) is 0 Å². The van der Waals surface area contributed by atoms with Gasteiger partial charge in [0, 0.05) is 0 Å². The lowest BCUT2D eigenvalue weighted by Gasteiger charge is -1.80. The summed E-state index contributed by atoms with van der Waals surface area (Å²) in [4.78, 5) is 0. The van der Waals surface area contributed by atoms with E-state index in [4.69, 9.17) is 11.5 Å². The first-order valence-corrected chi connectivity index (χ1v) is 3.36. The van der Waals surface area contributed by atoms with E-state index in [1.165, 1.54) is 19.0 Å². The van der Waals surface area contributed by atoms with E-state index in [0.717, 1.165) is 6.54 Å². The van der Waals surface area contributed by atoms with Gasteiger partial charge in [-0.05, 0) is 26.1 Å². The molecular formula is C7H18N2. The summed E-state index contributed by atoms with van der Waals surface area (Å²) in [5.74, 6) is 0. The van der Waals surface area contributed by atoms with E-state index < -0.39 is 0 Å². The normalized spacial score (nSPS) is 8.78. The summed E-state index contributed by atoms with van der Waals surface area (Å²) in [7, 11) is 0. The molecule has 0 aromatic heterocycles. The number of hydrogen-bond acceptors (Lipinski definition) is 2. The molecule has 0 spiro atoms. The Morgan fingerprint density at radius 2 is 1.89 bits per heavy atom. The van der Waals surface area contributed by atoms with E-state index in [0.29, 0.717) is 0 Å². The minimum atomic E-state index is 0.844. The van der Waals surface area contributed by atoms with Crippen molar-refractivity contribution < 1.29 is 0 Å². The van der Waals surface area contributed by atoms with Crippen molar-refractivity contribution in [3.05, 3.63) is 12.3 Å². The highest BCUT2D eigenvalue weighted by atomic mass is 14.5. The number of nitrogens with two attached hydrogens (primary N) is 2. The Labute approximate surface area is 57.9 Å². The molecule has 0 aromatic rings. The molecule has 9 heavy (non-hydrogen) atoms. The van der Waals surface area contributed by atoms with E-state index in [1.54, 1.807) is 6.08 Å². The van der Waals surface area contributed by atoms with Crippen LogP contribution in [0.2, 0.25) is 0 Å². The highest BCUT2D eigenvalue weighted by molar-refractivity contribution is 4.66. The van der Waals surface area contributed by atoms with Gasteiger partial charge in [0.05, 0.1) is 0 Å². The molecular weight excluding hydrogens is 112 g/mol. The third-order valence-corrected chi connectivity index (χ3v) is 0.750. The Balaban J connectivity index is 0. The van der Waals surface area contributed by atoms with Gasteiger partial charge in [-0.3, -0.25) is 0 Å². The maximum atomic E-state index is 5.14. The van der Waals surface area contributed by atoms with Gasteiger partial charge in [-0.1, -0.05) is 19.4 Å². The van der Waals surface area contributed by atoms with Gasteiger partial charge < -0.3 is 11.5 Å². The second-order valence-corrected chi connectivity index (χ2v) is 1.67. The lowest BCUT2D eigenvalue weighted by molar-refractivity contribution is 0.807. The van der Waals surface area contributed by atoms with Crippen LogP contribution in [0.25, 0.3) is 0 Å². The zero-order chi connectivity index (χ0) is 7.54. The average molecular weight is 130 g/mol. The number of unbranched alkanes of at least 4 members (excludes halogenated alkanes) is 1. The van der Waals surface area contributed by atoms with Crippen LogP contribution in [0.15, 0.2) is 12.3 Å². The summed E-state index contributed by atoms with van der Waals surface area (Å²) < 4.78 is 0. The molecule has 56 valence electrons. The predicted octanol–water partition coefficient (Wildman–Crippen LogP) is 1.22. The topological polar surface area (TPSA) is 52.0 Å². The van der Waals surface area contributed by atoms with Crippen molar-refractivity contribution in [3.63, 3.8) is 0 Å². The van der Waals surface area contributed by atoms with Crippen LogP contribution >= 0.6 is 0 Å². The summed E-state index contributed by atoms with van der Waals surface area (Å²) in [5, 5.41) is 0. The third-order valence-electron chi connectivity index (χ3n) is 0.750. The van der Waals surface area contributed by atoms with E-state index in [2.05, 4.69) is 6.92 Å². The molecule has 0 fully saturated rings. The molecule has 0 saturated carbocycles. The molecule has 0 atom stereocenters. The zero-order valence-electron chi connectivity index (χ0n) is 6.43. The van der Waals surface area contributed by atoms with E-state index in [9.17, 15) is 0 Å². The largest absolute Gasteiger partial charge is 0.405 e. The van der Waals surface area contributed by atoms with Gasteiger partial charge in [-0.15, -0.1) is 0 Å². The number of allylic oxidation sites excluding steroid dienone is 1. The maximum absolute atomic E-state index is 5.14. The summed E-state index contributed by atoms with van der Waals surface area (Å²) >= 11 is 0. The molecule has 2 nitrogen and oxygen atoms in total. The Bertz CT molecular complexity index is 44.9. The predicted molar refractivity (Wildman–Crippen MR) is 43.0 cm³/mol. The Morgan fingerprint density at radius 1 is 1.44 bits per heavy atom. The molecule has 0 aliphatic rings. The SMILES string of the molecule is CC=CN.CCCCN. The fourth-order valence-electron chi connectivity index (χ4n) is 0.204. The van der Waals surface area contributed by atoms with E-state index in [-0.39, 0.29) is 0 Å². The third kappa shape index (κ3) is 36.3. The fourth-order valence-corrected chi connectivity index (χ4v) is 0.204. The maximum Gasteiger partial charge on any atom is -0.00774 e. The summed E-state index contributed by atoms with van der Waals surface area (Å²) in [5.41, 5.74) is 9.99. The number of rotatable bonds is 2. The minimum absolute atomic E-state index is 0.844. The summed E-state index contributed by atoms with van der Waals surface area (Å²) in [6, 6.07) is 0. The second-order valence-electron chi connectivity index (χ2n) is 1.67. The minimum Gasteiger partial charge on any atom is -0.405 e. The smallest absolute Gasteiger partial charge is 0.00774 e. The molecule has 0 unspecified atom stereocenters. The van der Waals surface area contributed by atoms with Crippen LogP contribution < -0.4 is 11.5 Å². The monoisotopic (exact) mass is 130 g/mol. The molecule has 4 N–H and O–H groups in total. The first-order valence-electron chi connectivity index (χ1n) is 3.36. The van der Waals surface area contributed by atoms with Gasteiger partial charge in [0.1, 0.15) is 0 Å². The van der Waals surface area contributed by atoms with Crippen molar-refractivity contribution in [1.29, 1.82) is 0 Å². The zero-order valence-corrected chi connectivity index (χ0v) is 6.43. The van der Waals surface area contributed by atoms with Gasteiger partial charge in [0.2, 0.25) is 0 Å². The Kier molecular flexibility index (Phi) is 19.7. The van der Waals surface area contributed by atoms with Gasteiger partial charge in [-0.25, -0.2) is 0 Å². The van der Waals surface area contributed by atoms with Crippen molar-refractivity contribution in [2.24, 2.45) is 11.5 Å². The van der Waals surface area contributed by atoms with Gasteiger partial charge in [0.15, 0.2) is 0 Å². The van der Waals surface area contributed by atoms with Gasteiger partial charge in [-0.2, -0.15) is 0 Å². The molecule has 0 saturated heterocycles. The van der Waals surface area contributed by atoms with Crippen LogP contribution in [0.5, 0.6) is 0 Å². The van der Waals surface area contributed by atoms with Crippen LogP contribution in [0.4, 0.5) is 0 Å². The molecule has 0 rings (SSSR count). The molecule has 2 heteroatoms. The molecule has 0 bridgehead atoms. The second kappa shape index (κ2) is 15.6. The Morgan fingerprint density at radius 3 is 1.89 bits per heavy atom. The molecule has 0 heterocycles. The van der Waals surface area contributed by atoms with Crippen LogP contribution in [0.3, 0.4) is 0 Å². The number of hydrogen-bond donors (Lipinski definition) is 2. The molecule has 0 aliphatic heterocycles. The van der Waals surface area contributed by atoms with Crippen molar-refractivity contribution in [2.75, 3.05) is 6.54 Å². The lowest BCUT2D eigenvalue weighted by Crippen LogP contribution is -1.95. The van der Waals surface area contributed by atoms with Gasteiger partial charge in [0.25, 0.3) is 0 Å². The molecule has 0 radical (unpaired) electrons. The van der Waals surface area contributed by atoms with Crippen LogP contribution in [-0.2, 0) is 0 Å². The first-order chi connectivity index (χ1) is 4.33. The highest BCUT2D eigenvalue weighted by Crippen LogP contribution is 1.77. The molecule has 0 amide bonds. The van der Waals surface area contributed by atoms with Crippen LogP contribution in [0.1, 0.15) is 26.7 Å². The average Bonchev–Trinajstić information content (AvgIpc) is 1.91. The Hall–Kier alpha value is -0.500. The standard InChI is InChI=1S/C4H11N.C3H7N/c1-2-3-4-5;1-2-3-4/h2-5H2,1H3;2-3H,4H2,1H3. The lowest BCUT2D eigenvalue weighted by atomic mass is 10.3. The van der Waals surface area contributed by atoms with E-state index >= 15 is 0 Å². The van der Waals surface area contributed by atoms with Crippen molar-refractivity contribution in [2.45, 2.75) is 26.7 Å². The quantitative estimate of drug-likeness (QED) is 0.590. The van der Waals surface area contributed by atoms with Gasteiger partial charge >= 0.3 is 0 Å². The van der Waals surface area contributed by atoms with E-state index in [1.807, 2.05) is 6.92 Å². The molecule has 0 aliphatic carbocycles. The van der Waals surface area contributed by atoms with Crippen molar-refractivity contribution in [3.8, 4) is 0 Å². The van der Waals surface area contributed by atoms with Crippen molar-refractivity contribution in [1.82, 2.24) is 0 Å². The fraction of sp³-hybridized carbons (Fsp3) is 0.714. The summed E-state index contributed by atoms with van der Waals surface area (Å²) in [6.45, 7) is 4.85. The summed E-state index contributed by atoms with van der Waals surface area (Å²) in [6.07, 6.45) is 5.66. The molecule has 0 aromatic carbocycles. The first kappa shape index (κ1) is 11.3. The van der Waals surface area contributed by atoms with Crippen LogP contribution in [-0.4, -0.2) is 6.54 Å².